The van der Waals surface area contributed by atoms with Gasteiger partial charge >= 0.3 is 0 Å². The molecule has 5 nitrogen and oxygen atoms in total. The summed E-state index contributed by atoms with van der Waals surface area (Å²) >= 11 is 0. The van der Waals surface area contributed by atoms with Gasteiger partial charge in [0.1, 0.15) is 18.1 Å². The summed E-state index contributed by atoms with van der Waals surface area (Å²) in [5.74, 6) is 0.585. The average molecular weight is 212 g/mol. The third-order valence-electron chi connectivity index (χ3n) is 1.69. The molecule has 15 heavy (non-hydrogen) atoms. The predicted octanol–water partition coefficient (Wildman–Crippen LogP) is 1.02. The van der Waals surface area contributed by atoms with E-state index in [2.05, 4.69) is 10.5 Å². The molecule has 0 aliphatic heterocycles. The fourth-order valence-corrected chi connectivity index (χ4v) is 0.984. The van der Waals surface area contributed by atoms with E-state index in [-0.39, 0.29) is 18.6 Å². The average Bonchev–Trinajstić information content (AvgIpc) is 2.58. The topological polar surface area (TPSA) is 64.4 Å². The van der Waals surface area contributed by atoms with Crippen molar-refractivity contribution < 1.29 is 14.1 Å². The number of carbonyl (C=O) groups is 1. The van der Waals surface area contributed by atoms with Gasteiger partial charge < -0.3 is 14.6 Å². The van der Waals surface area contributed by atoms with Crippen molar-refractivity contribution in [1.82, 2.24) is 10.5 Å². The standard InChI is InChI=1S/C10H16N2O3/c1-7(2)14-6-10(13)11-5-9-4-8(3)15-12-9/h4,7H,5-6H2,1-3H3,(H,11,13). The minimum atomic E-state index is -0.149. The van der Waals surface area contributed by atoms with Crippen molar-refractivity contribution in [3.63, 3.8) is 0 Å². The smallest absolute Gasteiger partial charge is 0.246 e. The first kappa shape index (κ1) is 11.7. The van der Waals surface area contributed by atoms with Crippen LogP contribution in [0, 0.1) is 6.92 Å². The Kier molecular flexibility index (Phi) is 4.30. The lowest BCUT2D eigenvalue weighted by molar-refractivity contribution is -0.127. The van der Waals surface area contributed by atoms with Crippen molar-refractivity contribution in [2.45, 2.75) is 33.4 Å². The van der Waals surface area contributed by atoms with Gasteiger partial charge in [0.2, 0.25) is 5.91 Å². The Morgan fingerprint density at radius 3 is 2.93 bits per heavy atom. The number of hydrogen-bond acceptors (Lipinski definition) is 4. The van der Waals surface area contributed by atoms with Gasteiger partial charge in [0.15, 0.2) is 0 Å². The Morgan fingerprint density at radius 2 is 2.40 bits per heavy atom. The molecular weight excluding hydrogens is 196 g/mol. The maximum atomic E-state index is 11.2. The van der Waals surface area contributed by atoms with Crippen molar-refractivity contribution in [1.29, 1.82) is 0 Å². The summed E-state index contributed by atoms with van der Waals surface area (Å²) in [6, 6.07) is 1.78. The molecular formula is C10H16N2O3. The second-order valence-corrected chi connectivity index (χ2v) is 3.57. The molecule has 5 heteroatoms. The lowest BCUT2D eigenvalue weighted by atomic mass is 10.4. The highest BCUT2D eigenvalue weighted by Gasteiger charge is 2.05. The Balaban J connectivity index is 2.22. The number of nitrogens with one attached hydrogen (secondary N) is 1. The van der Waals surface area contributed by atoms with Crippen molar-refractivity contribution in [2.75, 3.05) is 6.61 Å². The molecule has 0 bridgehead atoms. The fraction of sp³-hybridized carbons (Fsp3) is 0.600. The largest absolute Gasteiger partial charge is 0.369 e. The molecule has 1 aromatic heterocycles. The Labute approximate surface area is 88.8 Å². The molecule has 1 N–H and O–H groups in total. The number of aromatic nitrogens is 1. The van der Waals surface area contributed by atoms with Gasteiger partial charge in [-0.15, -0.1) is 0 Å². The Morgan fingerprint density at radius 1 is 1.67 bits per heavy atom. The highest BCUT2D eigenvalue weighted by molar-refractivity contribution is 5.77. The summed E-state index contributed by atoms with van der Waals surface area (Å²) in [4.78, 5) is 11.2. The van der Waals surface area contributed by atoms with Crippen molar-refractivity contribution in [3.8, 4) is 0 Å². The summed E-state index contributed by atoms with van der Waals surface area (Å²) in [6.45, 7) is 6.02. The van der Waals surface area contributed by atoms with Crippen LogP contribution in [-0.2, 0) is 16.1 Å². The van der Waals surface area contributed by atoms with Crippen LogP contribution in [0.15, 0.2) is 10.6 Å². The molecule has 1 rings (SSSR count). The predicted molar refractivity (Wildman–Crippen MR) is 54.2 cm³/mol. The molecule has 0 aromatic carbocycles. The zero-order valence-electron chi connectivity index (χ0n) is 9.24. The molecule has 84 valence electrons. The Bertz CT molecular complexity index is 320. The normalized spacial score (nSPS) is 10.7. The molecule has 0 radical (unpaired) electrons. The van der Waals surface area contributed by atoms with E-state index in [1.54, 1.807) is 13.0 Å². The second kappa shape index (κ2) is 5.50. The van der Waals surface area contributed by atoms with Crippen LogP contribution in [0.25, 0.3) is 0 Å². The number of carbonyl (C=O) groups excluding carboxylic acids is 1. The molecule has 0 fully saturated rings. The third-order valence-corrected chi connectivity index (χ3v) is 1.69. The molecule has 1 heterocycles. The summed E-state index contributed by atoms with van der Waals surface area (Å²) < 4.78 is 10.0. The van der Waals surface area contributed by atoms with Crippen molar-refractivity contribution in [3.05, 3.63) is 17.5 Å². The number of rotatable bonds is 5. The van der Waals surface area contributed by atoms with Gasteiger partial charge in [-0.3, -0.25) is 4.79 Å². The van der Waals surface area contributed by atoms with Gasteiger partial charge in [-0.05, 0) is 20.8 Å². The molecule has 0 saturated heterocycles. The minimum Gasteiger partial charge on any atom is -0.369 e. The molecule has 1 amide bonds. The molecule has 0 atom stereocenters. The van der Waals surface area contributed by atoms with Crippen LogP contribution in [-0.4, -0.2) is 23.8 Å². The van der Waals surface area contributed by atoms with Gasteiger partial charge in [0.05, 0.1) is 12.6 Å². The second-order valence-electron chi connectivity index (χ2n) is 3.57. The first-order valence-corrected chi connectivity index (χ1v) is 4.88. The van der Waals surface area contributed by atoms with E-state index >= 15 is 0 Å². The molecule has 0 spiro atoms. The van der Waals surface area contributed by atoms with E-state index in [1.165, 1.54) is 0 Å². The Hall–Kier alpha value is -1.36. The summed E-state index contributed by atoms with van der Waals surface area (Å²) in [5, 5.41) is 6.43. The zero-order chi connectivity index (χ0) is 11.3. The first-order valence-electron chi connectivity index (χ1n) is 4.88. The summed E-state index contributed by atoms with van der Waals surface area (Å²) in [5.41, 5.74) is 0.713. The maximum Gasteiger partial charge on any atom is 0.246 e. The summed E-state index contributed by atoms with van der Waals surface area (Å²) in [7, 11) is 0. The molecule has 1 aromatic rings. The lowest BCUT2D eigenvalue weighted by Crippen LogP contribution is -2.28. The van der Waals surface area contributed by atoms with E-state index in [9.17, 15) is 4.79 Å². The van der Waals surface area contributed by atoms with Gasteiger partial charge in [0.25, 0.3) is 0 Å². The summed E-state index contributed by atoms with van der Waals surface area (Å²) in [6.07, 6.45) is 0.0602. The van der Waals surface area contributed by atoms with Crippen LogP contribution in [0.5, 0.6) is 0 Å². The van der Waals surface area contributed by atoms with E-state index in [0.29, 0.717) is 12.2 Å². The maximum absolute atomic E-state index is 11.2. The fourth-order valence-electron chi connectivity index (χ4n) is 0.984. The van der Waals surface area contributed by atoms with Crippen LogP contribution in [0.1, 0.15) is 25.3 Å². The van der Waals surface area contributed by atoms with Crippen LogP contribution in [0.3, 0.4) is 0 Å². The van der Waals surface area contributed by atoms with Gasteiger partial charge in [0, 0.05) is 6.07 Å². The van der Waals surface area contributed by atoms with Gasteiger partial charge in [-0.2, -0.15) is 0 Å². The molecule has 0 aliphatic carbocycles. The molecule has 0 saturated carbocycles. The SMILES string of the molecule is Cc1cc(CNC(=O)COC(C)C)no1. The van der Waals surface area contributed by atoms with E-state index in [1.807, 2.05) is 13.8 Å². The van der Waals surface area contributed by atoms with Crippen molar-refractivity contribution >= 4 is 5.91 Å². The van der Waals surface area contributed by atoms with Crippen molar-refractivity contribution in [2.24, 2.45) is 0 Å². The first-order chi connectivity index (χ1) is 7.08. The van der Waals surface area contributed by atoms with E-state index in [4.69, 9.17) is 9.26 Å². The number of ether oxygens (including phenoxy) is 1. The lowest BCUT2D eigenvalue weighted by Gasteiger charge is -2.06. The monoisotopic (exact) mass is 212 g/mol. The third kappa shape index (κ3) is 4.60. The minimum absolute atomic E-state index is 0.0602. The number of aryl methyl sites for hydroxylation is 1. The highest BCUT2D eigenvalue weighted by atomic mass is 16.5. The van der Waals surface area contributed by atoms with E-state index in [0.717, 1.165) is 5.76 Å². The number of amides is 1. The van der Waals surface area contributed by atoms with Crippen LogP contribution < -0.4 is 5.32 Å². The van der Waals surface area contributed by atoms with Crippen LogP contribution >= 0.6 is 0 Å². The molecule has 0 unspecified atom stereocenters. The number of hydrogen-bond donors (Lipinski definition) is 1. The van der Waals surface area contributed by atoms with Crippen LogP contribution in [0.4, 0.5) is 0 Å². The highest BCUT2D eigenvalue weighted by Crippen LogP contribution is 2.00. The molecule has 0 aliphatic rings. The van der Waals surface area contributed by atoms with Crippen LogP contribution in [0.2, 0.25) is 0 Å². The number of nitrogens with zero attached hydrogens (tertiary/aromatic N) is 1. The van der Waals surface area contributed by atoms with Gasteiger partial charge in [-0.1, -0.05) is 5.16 Å². The quantitative estimate of drug-likeness (QED) is 0.791. The zero-order valence-corrected chi connectivity index (χ0v) is 9.24. The van der Waals surface area contributed by atoms with E-state index < -0.39 is 0 Å². The van der Waals surface area contributed by atoms with Gasteiger partial charge in [-0.25, -0.2) is 0 Å².